The van der Waals surface area contributed by atoms with Crippen LogP contribution in [0.25, 0.3) is 4.96 Å². The average molecular weight is 385 g/mol. The zero-order chi connectivity index (χ0) is 19.4. The van der Waals surface area contributed by atoms with Crippen molar-refractivity contribution in [1.82, 2.24) is 9.38 Å². The summed E-state index contributed by atoms with van der Waals surface area (Å²) in [5, 5.41) is 4.78. The molecule has 2 heterocycles. The molecule has 0 aliphatic rings. The van der Waals surface area contributed by atoms with Gasteiger partial charge in [0.05, 0.1) is 11.4 Å². The molecule has 27 heavy (non-hydrogen) atoms. The summed E-state index contributed by atoms with van der Waals surface area (Å²) >= 11 is 1.40. The molecule has 6 nitrogen and oxygen atoms in total. The van der Waals surface area contributed by atoms with E-state index in [0.29, 0.717) is 22.1 Å². The van der Waals surface area contributed by atoms with Crippen molar-refractivity contribution in [3.63, 3.8) is 0 Å². The molecule has 7 heteroatoms. The van der Waals surface area contributed by atoms with Crippen molar-refractivity contribution in [1.29, 1.82) is 0 Å². The predicted octanol–water partition coefficient (Wildman–Crippen LogP) is 4.02. The maximum atomic E-state index is 12.4. The van der Waals surface area contributed by atoms with Gasteiger partial charge in [0.1, 0.15) is 12.4 Å². The largest absolute Gasteiger partial charge is 0.485 e. The van der Waals surface area contributed by atoms with Gasteiger partial charge in [0.15, 0.2) is 4.96 Å². The molecule has 142 valence electrons. The summed E-state index contributed by atoms with van der Waals surface area (Å²) in [6.45, 7) is 6.12. The van der Waals surface area contributed by atoms with Crippen LogP contribution in [-0.2, 0) is 11.4 Å². The second-order valence-corrected chi connectivity index (χ2v) is 7.31. The van der Waals surface area contributed by atoms with Gasteiger partial charge in [-0.1, -0.05) is 19.9 Å². The highest BCUT2D eigenvalue weighted by Gasteiger charge is 2.16. The molecular formula is C20H23N3O3S. The van der Waals surface area contributed by atoms with E-state index in [9.17, 15) is 9.59 Å². The molecule has 0 saturated carbocycles. The van der Waals surface area contributed by atoms with Gasteiger partial charge < -0.3 is 10.1 Å². The Morgan fingerprint density at radius 3 is 2.81 bits per heavy atom. The molecule has 3 rings (SSSR count). The number of thiazole rings is 1. The number of aryl methyl sites for hydroxylation is 1. The first-order chi connectivity index (χ1) is 13.0. The molecule has 0 fully saturated rings. The number of carbonyl (C=O) groups is 1. The fourth-order valence-corrected chi connectivity index (χ4v) is 3.60. The number of amides is 1. The summed E-state index contributed by atoms with van der Waals surface area (Å²) in [4.78, 5) is 29.6. The van der Waals surface area contributed by atoms with Gasteiger partial charge in [0.25, 0.3) is 5.56 Å². The zero-order valence-corrected chi connectivity index (χ0v) is 16.5. The molecule has 0 bridgehead atoms. The number of nitrogens with zero attached hydrogens (tertiary/aromatic N) is 2. The van der Waals surface area contributed by atoms with E-state index >= 15 is 0 Å². The molecular weight excluding hydrogens is 362 g/mol. The maximum Gasteiger partial charge on any atom is 0.258 e. The third-order valence-corrected chi connectivity index (χ3v) is 5.24. The highest BCUT2D eigenvalue weighted by molar-refractivity contribution is 7.15. The number of benzene rings is 1. The molecule has 1 amide bonds. The van der Waals surface area contributed by atoms with E-state index in [-0.39, 0.29) is 24.0 Å². The molecule has 0 radical (unpaired) electrons. The lowest BCUT2D eigenvalue weighted by atomic mass is 10.0. The summed E-state index contributed by atoms with van der Waals surface area (Å²) in [5.74, 6) is 0.537. The fourth-order valence-electron chi connectivity index (χ4n) is 2.86. The molecule has 0 saturated heterocycles. The van der Waals surface area contributed by atoms with Crippen LogP contribution in [0.1, 0.15) is 37.9 Å². The van der Waals surface area contributed by atoms with Crippen LogP contribution < -0.4 is 15.6 Å². The molecule has 0 spiro atoms. The SMILES string of the molecule is CCC(CC)C(=O)Nc1ccc(C)cc1OCc1cc(=O)n2ccsc2n1. The monoisotopic (exact) mass is 385 g/mol. The Balaban J connectivity index is 1.80. The standard InChI is InChI=1S/C20H23N3O3S/c1-4-14(5-2)19(25)22-16-7-6-13(3)10-17(16)26-12-15-11-18(24)23-8-9-27-20(23)21-15/h6-11,14H,4-5,12H2,1-3H3,(H,22,25). The van der Waals surface area contributed by atoms with Crippen LogP contribution in [0.3, 0.4) is 0 Å². The van der Waals surface area contributed by atoms with Crippen LogP contribution in [0.15, 0.2) is 40.6 Å². The van der Waals surface area contributed by atoms with E-state index in [4.69, 9.17) is 4.74 Å². The molecule has 1 aromatic carbocycles. The predicted molar refractivity (Wildman–Crippen MR) is 108 cm³/mol. The number of rotatable bonds is 7. The second-order valence-electron chi connectivity index (χ2n) is 6.43. The Bertz CT molecular complexity index is 1010. The minimum Gasteiger partial charge on any atom is -0.485 e. The number of carbonyl (C=O) groups excluding carboxylic acids is 1. The average Bonchev–Trinajstić information content (AvgIpc) is 3.12. The molecule has 1 N–H and O–H groups in total. The molecule has 0 atom stereocenters. The number of hydrogen-bond acceptors (Lipinski definition) is 5. The van der Waals surface area contributed by atoms with Gasteiger partial charge in [-0.2, -0.15) is 0 Å². The van der Waals surface area contributed by atoms with Gasteiger partial charge in [0, 0.05) is 23.6 Å². The van der Waals surface area contributed by atoms with Crippen molar-refractivity contribution in [2.75, 3.05) is 5.32 Å². The highest BCUT2D eigenvalue weighted by Crippen LogP contribution is 2.27. The van der Waals surface area contributed by atoms with Crippen molar-refractivity contribution < 1.29 is 9.53 Å². The van der Waals surface area contributed by atoms with Crippen LogP contribution in [0.2, 0.25) is 0 Å². The summed E-state index contributed by atoms with van der Waals surface area (Å²) in [6.07, 6.45) is 3.28. The third kappa shape index (κ3) is 4.36. The number of fused-ring (bicyclic) bond motifs is 1. The Kier molecular flexibility index (Phi) is 5.91. The van der Waals surface area contributed by atoms with E-state index in [1.54, 1.807) is 6.20 Å². The summed E-state index contributed by atoms with van der Waals surface area (Å²) in [7, 11) is 0. The normalized spacial score (nSPS) is 11.1. The van der Waals surface area contributed by atoms with Gasteiger partial charge in [-0.3, -0.25) is 14.0 Å². The van der Waals surface area contributed by atoms with Crippen LogP contribution in [0.4, 0.5) is 5.69 Å². The summed E-state index contributed by atoms with van der Waals surface area (Å²) < 4.78 is 7.41. The number of nitrogens with one attached hydrogen (secondary N) is 1. The van der Waals surface area contributed by atoms with Gasteiger partial charge in [-0.15, -0.1) is 11.3 Å². The molecule has 3 aromatic rings. The van der Waals surface area contributed by atoms with Crippen molar-refractivity contribution in [3.8, 4) is 5.75 Å². The first-order valence-electron chi connectivity index (χ1n) is 9.02. The van der Waals surface area contributed by atoms with Gasteiger partial charge in [0.2, 0.25) is 5.91 Å². The number of anilines is 1. The first kappa shape index (κ1) is 19.1. The van der Waals surface area contributed by atoms with Crippen LogP contribution >= 0.6 is 11.3 Å². The maximum absolute atomic E-state index is 12.4. The van der Waals surface area contributed by atoms with Crippen LogP contribution in [0.5, 0.6) is 5.75 Å². The third-order valence-electron chi connectivity index (χ3n) is 4.48. The van der Waals surface area contributed by atoms with E-state index < -0.39 is 0 Å². The molecule has 0 aliphatic heterocycles. The summed E-state index contributed by atoms with van der Waals surface area (Å²) in [6, 6.07) is 7.12. The Morgan fingerprint density at radius 2 is 2.07 bits per heavy atom. The molecule has 0 unspecified atom stereocenters. The van der Waals surface area contributed by atoms with E-state index in [2.05, 4.69) is 10.3 Å². The Hall–Kier alpha value is -2.67. The quantitative estimate of drug-likeness (QED) is 0.667. The Labute approximate surface area is 161 Å². The van der Waals surface area contributed by atoms with E-state index in [1.165, 1.54) is 21.8 Å². The van der Waals surface area contributed by atoms with Crippen molar-refractivity contribution in [2.45, 2.75) is 40.2 Å². The summed E-state index contributed by atoms with van der Waals surface area (Å²) in [5.41, 5.74) is 2.08. The number of ether oxygens (including phenoxy) is 1. The first-order valence-corrected chi connectivity index (χ1v) is 9.89. The van der Waals surface area contributed by atoms with E-state index in [1.807, 2.05) is 44.4 Å². The minimum atomic E-state index is -0.133. The van der Waals surface area contributed by atoms with Gasteiger partial charge in [-0.05, 0) is 37.5 Å². The lowest BCUT2D eigenvalue weighted by Gasteiger charge is -2.16. The lowest BCUT2D eigenvalue weighted by molar-refractivity contribution is -0.120. The number of hydrogen-bond donors (Lipinski definition) is 1. The smallest absolute Gasteiger partial charge is 0.258 e. The van der Waals surface area contributed by atoms with Crippen molar-refractivity contribution in [3.05, 3.63) is 57.5 Å². The Morgan fingerprint density at radius 1 is 1.30 bits per heavy atom. The van der Waals surface area contributed by atoms with Gasteiger partial charge >= 0.3 is 0 Å². The van der Waals surface area contributed by atoms with Crippen molar-refractivity contribution in [2.24, 2.45) is 5.92 Å². The highest BCUT2D eigenvalue weighted by atomic mass is 32.1. The van der Waals surface area contributed by atoms with E-state index in [0.717, 1.165) is 18.4 Å². The molecule has 0 aliphatic carbocycles. The lowest BCUT2D eigenvalue weighted by Crippen LogP contribution is -2.22. The fraction of sp³-hybridized carbons (Fsp3) is 0.350. The van der Waals surface area contributed by atoms with Gasteiger partial charge in [-0.25, -0.2) is 4.98 Å². The second kappa shape index (κ2) is 8.35. The van der Waals surface area contributed by atoms with Crippen LogP contribution in [-0.4, -0.2) is 15.3 Å². The molecule has 2 aromatic heterocycles. The minimum absolute atomic E-state index is 0.00919. The zero-order valence-electron chi connectivity index (χ0n) is 15.7. The topological polar surface area (TPSA) is 72.7 Å². The number of aromatic nitrogens is 2. The van der Waals surface area contributed by atoms with Crippen LogP contribution in [0, 0.1) is 12.8 Å². The van der Waals surface area contributed by atoms with Crippen molar-refractivity contribution >= 4 is 27.9 Å².